The normalized spacial score (nSPS) is 10.6. The lowest BCUT2D eigenvalue weighted by Crippen LogP contribution is -2.49. The lowest BCUT2D eigenvalue weighted by Gasteiger charge is -2.33. The molecule has 200 valence electrons. The second-order valence-corrected chi connectivity index (χ2v) is 11.7. The first-order valence-electron chi connectivity index (χ1n) is 12.0. The Morgan fingerprint density at radius 3 is 2.35 bits per heavy atom. The summed E-state index contributed by atoms with van der Waals surface area (Å²) in [5, 5.41) is 11.7. The van der Waals surface area contributed by atoms with Crippen molar-refractivity contribution >= 4 is 96.8 Å². The van der Waals surface area contributed by atoms with Gasteiger partial charge in [0, 0.05) is 41.9 Å². The molecule has 5 rings (SSSR count). The van der Waals surface area contributed by atoms with Crippen LogP contribution in [0.2, 0.25) is 0 Å². The number of hydrogen-bond acceptors (Lipinski definition) is 6. The summed E-state index contributed by atoms with van der Waals surface area (Å²) in [5.74, 6) is 0. The third kappa shape index (κ3) is 6.26. The molecule has 0 aliphatic heterocycles. The van der Waals surface area contributed by atoms with Crippen LogP contribution in [0.4, 0.5) is 32.7 Å². The molecule has 0 aliphatic rings. The van der Waals surface area contributed by atoms with Crippen molar-refractivity contribution in [3.05, 3.63) is 109 Å². The zero-order valence-electron chi connectivity index (χ0n) is 21.1. The maximum Gasteiger partial charge on any atom is 0.345 e. The molecule has 3 aromatic carbocycles. The molecule has 2 N–H and O–H groups in total. The van der Waals surface area contributed by atoms with E-state index in [0.717, 1.165) is 34.8 Å². The van der Waals surface area contributed by atoms with E-state index in [1.165, 1.54) is 21.4 Å². The fraction of sp³-hybridized carbons (Fsp3) is 0.0345. The average molecular weight is 772 g/mol. The number of thiazole rings is 1. The van der Waals surface area contributed by atoms with Crippen LogP contribution in [0.5, 0.6) is 0 Å². The van der Waals surface area contributed by atoms with E-state index in [0.29, 0.717) is 23.5 Å². The Bertz CT molecular complexity index is 1660. The number of carbonyl (C=O) groups is 2. The predicted molar refractivity (Wildman–Crippen MR) is 178 cm³/mol. The molecule has 8 nitrogen and oxygen atoms in total. The van der Waals surface area contributed by atoms with Crippen molar-refractivity contribution in [2.45, 2.75) is 6.92 Å². The highest BCUT2D eigenvalue weighted by atomic mass is 127. The van der Waals surface area contributed by atoms with Crippen molar-refractivity contribution in [2.24, 2.45) is 0 Å². The third-order valence-electron chi connectivity index (χ3n) is 5.88. The van der Waals surface area contributed by atoms with Crippen LogP contribution in [0.3, 0.4) is 0 Å². The average Bonchev–Trinajstić information content (AvgIpc) is 3.44. The smallest absolute Gasteiger partial charge is 0.331 e. The van der Waals surface area contributed by atoms with Gasteiger partial charge in [0.2, 0.25) is 6.41 Å². The number of carbonyl (C=O) groups excluding carboxylic acids is 2. The Balaban J connectivity index is 1.43. The second kappa shape index (κ2) is 12.7. The minimum atomic E-state index is -0.487. The number of benzene rings is 3. The largest absolute Gasteiger partial charge is 0.345 e. The summed E-state index contributed by atoms with van der Waals surface area (Å²) in [4.78, 5) is 35.1. The van der Waals surface area contributed by atoms with Crippen molar-refractivity contribution in [3.63, 3.8) is 0 Å². The Morgan fingerprint density at radius 2 is 1.68 bits per heavy atom. The highest BCUT2D eigenvalue weighted by Gasteiger charge is 2.27. The van der Waals surface area contributed by atoms with Gasteiger partial charge in [0.05, 0.1) is 17.1 Å². The number of aromatic nitrogens is 2. The Labute approximate surface area is 262 Å². The first kappa shape index (κ1) is 28.0. The van der Waals surface area contributed by atoms with Crippen molar-refractivity contribution in [2.75, 3.05) is 20.7 Å². The van der Waals surface area contributed by atoms with Crippen molar-refractivity contribution in [3.8, 4) is 11.3 Å². The first-order valence-corrected chi connectivity index (χ1v) is 15.1. The lowest BCUT2D eigenvalue weighted by molar-refractivity contribution is -0.107. The molecule has 40 heavy (non-hydrogen) atoms. The molecule has 11 heteroatoms. The summed E-state index contributed by atoms with van der Waals surface area (Å²) in [6.45, 7) is 1.98. The number of anilines is 5. The van der Waals surface area contributed by atoms with E-state index in [9.17, 15) is 9.59 Å². The fourth-order valence-corrected chi connectivity index (χ4v) is 5.88. The van der Waals surface area contributed by atoms with E-state index in [4.69, 9.17) is 0 Å². The van der Waals surface area contributed by atoms with Gasteiger partial charge in [-0.05, 0) is 106 Å². The van der Waals surface area contributed by atoms with Gasteiger partial charge in [-0.15, -0.1) is 11.3 Å². The molecular formula is C29H22I2N6O2S. The van der Waals surface area contributed by atoms with Crippen LogP contribution in [0.1, 0.15) is 5.56 Å². The van der Waals surface area contributed by atoms with Crippen molar-refractivity contribution in [1.82, 2.24) is 9.97 Å². The van der Waals surface area contributed by atoms with Crippen LogP contribution in [0.15, 0.2) is 96.6 Å². The highest BCUT2D eigenvalue weighted by molar-refractivity contribution is 14.1. The Kier molecular flexibility index (Phi) is 8.91. The van der Waals surface area contributed by atoms with Gasteiger partial charge in [-0.25, -0.2) is 14.8 Å². The Hall–Kier alpha value is -3.56. The molecule has 0 spiro atoms. The maximum absolute atomic E-state index is 13.8. The minimum Gasteiger partial charge on any atom is -0.331 e. The van der Waals surface area contributed by atoms with E-state index in [-0.39, 0.29) is 0 Å². The van der Waals surface area contributed by atoms with Gasteiger partial charge in [-0.2, -0.15) is 5.01 Å². The molecule has 2 heterocycles. The number of hydrogen-bond donors (Lipinski definition) is 2. The summed E-state index contributed by atoms with van der Waals surface area (Å²) >= 11 is 5.80. The quantitative estimate of drug-likeness (QED) is 0.0947. The topological polar surface area (TPSA) is 90.5 Å². The molecule has 0 radical (unpaired) electrons. The molecule has 2 aromatic heterocycles. The van der Waals surface area contributed by atoms with Crippen LogP contribution in [-0.2, 0) is 4.79 Å². The number of nitrogens with zero attached hydrogens (tertiary/aromatic N) is 4. The number of para-hydroxylation sites is 2. The number of pyridine rings is 1. The second-order valence-electron chi connectivity index (χ2n) is 8.53. The third-order valence-corrected chi connectivity index (χ3v) is 8.46. The van der Waals surface area contributed by atoms with Gasteiger partial charge in [-0.3, -0.25) is 9.78 Å². The molecule has 0 fully saturated rings. The highest BCUT2D eigenvalue weighted by Crippen LogP contribution is 2.32. The lowest BCUT2D eigenvalue weighted by atomic mass is 10.2. The van der Waals surface area contributed by atoms with Gasteiger partial charge in [0.25, 0.3) is 0 Å². The van der Waals surface area contributed by atoms with Crippen LogP contribution < -0.4 is 20.7 Å². The fourth-order valence-electron chi connectivity index (χ4n) is 3.90. The number of nitrogens with one attached hydrogen (secondary N) is 2. The van der Waals surface area contributed by atoms with E-state index in [1.807, 2.05) is 79.0 Å². The van der Waals surface area contributed by atoms with Crippen LogP contribution in [0.25, 0.3) is 11.3 Å². The SMILES string of the molecule is Cc1ccc(NC(=O)N(c2ccccc2I)N(C=O)c2ccccc2I)cc1Nc1nc(-c2cccnc2)cs1. The zero-order chi connectivity index (χ0) is 28.1. The summed E-state index contributed by atoms with van der Waals surface area (Å²) in [6, 6.07) is 23.8. The summed E-state index contributed by atoms with van der Waals surface area (Å²) in [5.41, 5.74) is 5.28. The molecular weight excluding hydrogens is 750 g/mol. The summed E-state index contributed by atoms with van der Waals surface area (Å²) in [6.07, 6.45) is 4.15. The number of hydrazine groups is 1. The van der Waals surface area contributed by atoms with Gasteiger partial charge in [-0.1, -0.05) is 30.3 Å². The number of aryl methyl sites for hydroxylation is 1. The van der Waals surface area contributed by atoms with Gasteiger partial charge >= 0.3 is 6.03 Å². The summed E-state index contributed by atoms with van der Waals surface area (Å²) < 4.78 is 1.64. The van der Waals surface area contributed by atoms with Gasteiger partial charge < -0.3 is 10.6 Å². The Morgan fingerprint density at radius 1 is 0.950 bits per heavy atom. The molecule has 0 bridgehead atoms. The van der Waals surface area contributed by atoms with E-state index >= 15 is 0 Å². The van der Waals surface area contributed by atoms with Crippen molar-refractivity contribution < 1.29 is 9.59 Å². The number of amides is 3. The first-order chi connectivity index (χ1) is 19.4. The van der Waals surface area contributed by atoms with Gasteiger partial charge in [0.1, 0.15) is 0 Å². The molecule has 0 atom stereocenters. The van der Waals surface area contributed by atoms with Crippen LogP contribution >= 0.6 is 56.5 Å². The number of rotatable bonds is 8. The summed E-state index contributed by atoms with van der Waals surface area (Å²) in [7, 11) is 0. The molecule has 0 aliphatic carbocycles. The van der Waals surface area contributed by atoms with E-state index in [1.54, 1.807) is 24.5 Å². The number of halogens is 2. The maximum atomic E-state index is 13.8. The van der Waals surface area contributed by atoms with E-state index in [2.05, 4.69) is 65.8 Å². The molecule has 3 amide bonds. The number of urea groups is 1. The molecule has 0 saturated carbocycles. The molecule has 0 unspecified atom stereocenters. The standard InChI is InChI=1S/C29H22I2N6O2S/c1-19-12-13-21(15-24(19)34-28-35-25(17-40-28)20-7-6-14-32-16-20)33-29(39)37(27-11-5-3-9-23(27)31)36(18-38)26-10-4-2-8-22(26)30/h2-18H,1H3,(H,33,39)(H,34,35). The molecule has 5 aromatic rings. The zero-order valence-corrected chi connectivity index (χ0v) is 26.2. The van der Waals surface area contributed by atoms with Crippen LogP contribution in [0, 0.1) is 14.1 Å². The predicted octanol–water partition coefficient (Wildman–Crippen LogP) is 8.08. The minimum absolute atomic E-state index is 0.487. The monoisotopic (exact) mass is 772 g/mol. The van der Waals surface area contributed by atoms with Gasteiger partial charge in [0.15, 0.2) is 5.13 Å². The van der Waals surface area contributed by atoms with Crippen molar-refractivity contribution in [1.29, 1.82) is 0 Å². The molecule has 0 saturated heterocycles. The van der Waals surface area contributed by atoms with Crippen LogP contribution in [-0.4, -0.2) is 22.4 Å². The van der Waals surface area contributed by atoms with E-state index < -0.39 is 6.03 Å².